The summed E-state index contributed by atoms with van der Waals surface area (Å²) in [4.78, 5) is -1.09. The summed E-state index contributed by atoms with van der Waals surface area (Å²) in [7, 11) is -4.56. The maximum absolute atomic E-state index is 13.5. The van der Waals surface area contributed by atoms with E-state index in [1.54, 1.807) is 12.1 Å². The summed E-state index contributed by atoms with van der Waals surface area (Å²) >= 11 is 0. The van der Waals surface area contributed by atoms with E-state index in [0.717, 1.165) is 23.8 Å². The van der Waals surface area contributed by atoms with Gasteiger partial charge in [0, 0.05) is 0 Å². The summed E-state index contributed by atoms with van der Waals surface area (Å²) in [5, 5.41) is 0. The van der Waals surface area contributed by atoms with Gasteiger partial charge in [-0.05, 0) is 35.7 Å². The van der Waals surface area contributed by atoms with Gasteiger partial charge in [-0.3, -0.25) is 0 Å². The van der Waals surface area contributed by atoms with Gasteiger partial charge in [-0.2, -0.15) is 8.42 Å². The molecule has 2 aromatic rings. The van der Waals surface area contributed by atoms with Crippen LogP contribution in [0.4, 0.5) is 8.78 Å². The van der Waals surface area contributed by atoms with E-state index in [4.69, 9.17) is 4.18 Å². The number of halogens is 2. The molecule has 0 bridgehead atoms. The molecule has 0 unspecified atom stereocenters. The van der Waals surface area contributed by atoms with E-state index in [1.807, 2.05) is 13.8 Å². The predicted molar refractivity (Wildman–Crippen MR) is 74.7 cm³/mol. The predicted octanol–water partition coefficient (Wildman–Crippen LogP) is 3.86. The van der Waals surface area contributed by atoms with Gasteiger partial charge in [0.1, 0.15) is 17.4 Å². The molecule has 0 saturated carbocycles. The van der Waals surface area contributed by atoms with Gasteiger partial charge < -0.3 is 4.18 Å². The van der Waals surface area contributed by atoms with Crippen molar-refractivity contribution in [3.8, 4) is 5.75 Å². The Morgan fingerprint density at radius 2 is 1.48 bits per heavy atom. The van der Waals surface area contributed by atoms with E-state index in [-0.39, 0.29) is 11.7 Å². The minimum absolute atomic E-state index is 0.00190. The van der Waals surface area contributed by atoms with Crippen molar-refractivity contribution in [2.75, 3.05) is 0 Å². The van der Waals surface area contributed by atoms with Crippen LogP contribution in [0.2, 0.25) is 0 Å². The molecular formula is C15H14F2O3S. The van der Waals surface area contributed by atoms with Crippen molar-refractivity contribution in [1.29, 1.82) is 0 Å². The molecule has 0 aliphatic heterocycles. The molecule has 3 nitrogen and oxygen atoms in total. The lowest BCUT2D eigenvalue weighted by molar-refractivity contribution is 0.460. The summed E-state index contributed by atoms with van der Waals surface area (Å²) in [5.41, 5.74) is 0.997. The van der Waals surface area contributed by atoms with Crippen LogP contribution < -0.4 is 4.18 Å². The molecule has 21 heavy (non-hydrogen) atoms. The molecular weight excluding hydrogens is 298 g/mol. The molecule has 0 atom stereocenters. The average molecular weight is 312 g/mol. The van der Waals surface area contributed by atoms with Gasteiger partial charge in [0.05, 0.1) is 0 Å². The van der Waals surface area contributed by atoms with E-state index >= 15 is 0 Å². The van der Waals surface area contributed by atoms with Gasteiger partial charge in [0.25, 0.3) is 0 Å². The standard InChI is InChI=1S/C15H14F2O3S/c1-10(2)11-6-8-12(9-7-11)20-21(18,19)15-13(16)4-3-5-14(15)17/h3-10H,1-2H3. The Kier molecular flexibility index (Phi) is 4.27. The van der Waals surface area contributed by atoms with Crippen molar-refractivity contribution in [3.05, 3.63) is 59.7 Å². The van der Waals surface area contributed by atoms with Gasteiger partial charge in [-0.15, -0.1) is 0 Å². The van der Waals surface area contributed by atoms with Crippen LogP contribution in [-0.4, -0.2) is 8.42 Å². The lowest BCUT2D eigenvalue weighted by Gasteiger charge is -2.10. The zero-order chi connectivity index (χ0) is 15.6. The number of rotatable bonds is 4. The Morgan fingerprint density at radius 3 is 1.95 bits per heavy atom. The van der Waals surface area contributed by atoms with Crippen LogP contribution in [0.3, 0.4) is 0 Å². The monoisotopic (exact) mass is 312 g/mol. The molecule has 2 aromatic carbocycles. The third-order valence-corrected chi connectivity index (χ3v) is 4.22. The molecule has 0 aliphatic rings. The summed E-state index contributed by atoms with van der Waals surface area (Å²) in [5.74, 6) is -2.09. The zero-order valence-electron chi connectivity index (χ0n) is 11.5. The van der Waals surface area contributed by atoms with Crippen LogP contribution in [0.15, 0.2) is 47.4 Å². The highest BCUT2D eigenvalue weighted by atomic mass is 32.2. The fraction of sp³-hybridized carbons (Fsp3) is 0.200. The number of hydrogen-bond donors (Lipinski definition) is 0. The Hall–Kier alpha value is -1.95. The van der Waals surface area contributed by atoms with Gasteiger partial charge >= 0.3 is 10.1 Å². The highest BCUT2D eigenvalue weighted by Gasteiger charge is 2.26. The van der Waals surface area contributed by atoms with Crippen molar-refractivity contribution >= 4 is 10.1 Å². The Morgan fingerprint density at radius 1 is 0.952 bits per heavy atom. The normalized spacial score (nSPS) is 11.7. The first-order chi connectivity index (χ1) is 9.81. The zero-order valence-corrected chi connectivity index (χ0v) is 12.3. The number of benzene rings is 2. The van der Waals surface area contributed by atoms with Gasteiger partial charge in [-0.25, -0.2) is 8.78 Å². The molecule has 0 saturated heterocycles. The molecule has 0 heterocycles. The Labute approximate surface area is 122 Å². The average Bonchev–Trinajstić information content (AvgIpc) is 2.38. The molecule has 0 fully saturated rings. The Bertz CT molecular complexity index is 718. The minimum Gasteiger partial charge on any atom is -0.379 e. The third-order valence-electron chi connectivity index (χ3n) is 2.92. The van der Waals surface area contributed by atoms with Crippen molar-refractivity contribution in [1.82, 2.24) is 0 Å². The third kappa shape index (κ3) is 3.39. The van der Waals surface area contributed by atoms with Crippen molar-refractivity contribution < 1.29 is 21.4 Å². The molecule has 0 aliphatic carbocycles. The first-order valence-corrected chi connectivity index (χ1v) is 7.70. The molecule has 0 spiro atoms. The first kappa shape index (κ1) is 15.4. The van der Waals surface area contributed by atoms with Gasteiger partial charge in [0.15, 0.2) is 4.90 Å². The van der Waals surface area contributed by atoms with Crippen LogP contribution in [0.1, 0.15) is 25.3 Å². The minimum atomic E-state index is -4.56. The Balaban J connectivity index is 2.33. The van der Waals surface area contributed by atoms with Gasteiger partial charge in [-0.1, -0.05) is 32.0 Å². The molecule has 6 heteroatoms. The molecule has 0 amide bonds. The second-order valence-corrected chi connectivity index (χ2v) is 6.30. The summed E-state index contributed by atoms with van der Waals surface area (Å²) in [6.45, 7) is 3.97. The van der Waals surface area contributed by atoms with Crippen LogP contribution in [0, 0.1) is 11.6 Å². The van der Waals surface area contributed by atoms with E-state index in [2.05, 4.69) is 0 Å². The van der Waals surface area contributed by atoms with E-state index in [0.29, 0.717) is 0 Å². The fourth-order valence-electron chi connectivity index (χ4n) is 1.80. The SMILES string of the molecule is CC(C)c1ccc(OS(=O)(=O)c2c(F)cccc2F)cc1. The van der Waals surface area contributed by atoms with Crippen LogP contribution in [0.25, 0.3) is 0 Å². The van der Waals surface area contributed by atoms with Crippen LogP contribution in [0.5, 0.6) is 5.75 Å². The van der Waals surface area contributed by atoms with Crippen LogP contribution >= 0.6 is 0 Å². The molecule has 0 N–H and O–H groups in total. The number of hydrogen-bond acceptors (Lipinski definition) is 3. The fourth-order valence-corrected chi connectivity index (χ4v) is 2.86. The van der Waals surface area contributed by atoms with Crippen LogP contribution in [-0.2, 0) is 10.1 Å². The molecule has 0 radical (unpaired) electrons. The van der Waals surface area contributed by atoms with Crippen molar-refractivity contribution in [3.63, 3.8) is 0 Å². The highest BCUT2D eigenvalue weighted by molar-refractivity contribution is 7.87. The second-order valence-electron chi connectivity index (χ2n) is 4.81. The first-order valence-electron chi connectivity index (χ1n) is 6.29. The molecule has 112 valence electrons. The maximum Gasteiger partial charge on any atom is 0.345 e. The lowest BCUT2D eigenvalue weighted by atomic mass is 10.0. The van der Waals surface area contributed by atoms with Crippen molar-refractivity contribution in [2.45, 2.75) is 24.7 Å². The van der Waals surface area contributed by atoms with Gasteiger partial charge in [0.2, 0.25) is 0 Å². The smallest absolute Gasteiger partial charge is 0.345 e. The summed E-state index contributed by atoms with van der Waals surface area (Å²) < 4.78 is 55.7. The topological polar surface area (TPSA) is 43.4 Å². The quantitative estimate of drug-likeness (QED) is 0.805. The summed E-state index contributed by atoms with van der Waals surface area (Å²) in [6.07, 6.45) is 0. The summed E-state index contributed by atoms with van der Waals surface area (Å²) in [6, 6.07) is 9.11. The highest BCUT2D eigenvalue weighted by Crippen LogP contribution is 2.24. The second kappa shape index (κ2) is 5.81. The largest absolute Gasteiger partial charge is 0.379 e. The van der Waals surface area contributed by atoms with E-state index < -0.39 is 26.6 Å². The van der Waals surface area contributed by atoms with E-state index in [9.17, 15) is 17.2 Å². The lowest BCUT2D eigenvalue weighted by Crippen LogP contribution is -2.13. The van der Waals surface area contributed by atoms with Crippen molar-refractivity contribution in [2.24, 2.45) is 0 Å². The maximum atomic E-state index is 13.5. The molecule has 0 aromatic heterocycles. The van der Waals surface area contributed by atoms with E-state index in [1.165, 1.54) is 12.1 Å². The molecule has 2 rings (SSSR count).